The summed E-state index contributed by atoms with van der Waals surface area (Å²) in [7, 11) is 0. The Kier molecular flexibility index (Phi) is 2.88. The Hall–Kier alpha value is -1.13. The number of nitrogens with two attached hydrogens (primary N) is 1. The molecule has 3 nitrogen and oxygen atoms in total. The van der Waals surface area contributed by atoms with Crippen molar-refractivity contribution in [2.75, 3.05) is 0 Å². The van der Waals surface area contributed by atoms with Crippen molar-refractivity contribution in [1.82, 2.24) is 9.78 Å². The number of nitrogens with zero attached hydrogens (tertiary/aromatic N) is 2. The third-order valence-corrected chi connectivity index (χ3v) is 3.20. The highest BCUT2D eigenvalue weighted by Crippen LogP contribution is 2.22. The second-order valence-electron chi connectivity index (χ2n) is 3.34. The van der Waals surface area contributed by atoms with E-state index in [1.807, 2.05) is 35.1 Å². The van der Waals surface area contributed by atoms with E-state index in [1.54, 1.807) is 0 Å². The van der Waals surface area contributed by atoms with E-state index < -0.39 is 0 Å². The van der Waals surface area contributed by atoms with Gasteiger partial charge in [0.25, 0.3) is 0 Å². The molecule has 1 aromatic carbocycles. The Labute approximate surface area is 97.0 Å². The maximum atomic E-state index is 5.52. The molecule has 2 rings (SSSR count). The molecule has 4 heteroatoms. The van der Waals surface area contributed by atoms with Crippen LogP contribution in [0.4, 0.5) is 0 Å². The van der Waals surface area contributed by atoms with E-state index in [9.17, 15) is 0 Å². The first-order chi connectivity index (χ1) is 7.22. The van der Waals surface area contributed by atoms with Crippen LogP contribution in [0.1, 0.15) is 11.3 Å². The van der Waals surface area contributed by atoms with Gasteiger partial charge in [-0.1, -0.05) is 22.0 Å². The van der Waals surface area contributed by atoms with Gasteiger partial charge >= 0.3 is 0 Å². The van der Waals surface area contributed by atoms with Crippen molar-refractivity contribution in [2.24, 2.45) is 5.73 Å². The molecule has 0 aliphatic heterocycles. The summed E-state index contributed by atoms with van der Waals surface area (Å²) in [6, 6.07) is 7.98. The van der Waals surface area contributed by atoms with Crippen molar-refractivity contribution >= 4 is 15.9 Å². The molecule has 0 saturated carbocycles. The molecule has 1 heterocycles. The van der Waals surface area contributed by atoms with Gasteiger partial charge in [-0.2, -0.15) is 5.10 Å². The SMILES string of the molecule is Cc1c(Br)cccc1-n1ccc(CN)n1. The van der Waals surface area contributed by atoms with Gasteiger partial charge in [-0.25, -0.2) is 4.68 Å². The maximum Gasteiger partial charge on any atom is 0.0764 e. The second kappa shape index (κ2) is 4.16. The van der Waals surface area contributed by atoms with E-state index in [-0.39, 0.29) is 0 Å². The van der Waals surface area contributed by atoms with Gasteiger partial charge in [-0.05, 0) is 30.7 Å². The molecule has 0 radical (unpaired) electrons. The number of benzene rings is 1. The van der Waals surface area contributed by atoms with E-state index in [2.05, 4.69) is 28.0 Å². The van der Waals surface area contributed by atoms with Gasteiger partial charge in [0.1, 0.15) is 0 Å². The van der Waals surface area contributed by atoms with Gasteiger partial charge in [0.15, 0.2) is 0 Å². The van der Waals surface area contributed by atoms with Gasteiger partial charge in [-0.15, -0.1) is 0 Å². The van der Waals surface area contributed by atoms with Crippen LogP contribution in [-0.4, -0.2) is 9.78 Å². The summed E-state index contributed by atoms with van der Waals surface area (Å²) < 4.78 is 2.94. The minimum atomic E-state index is 0.472. The average molecular weight is 266 g/mol. The highest BCUT2D eigenvalue weighted by Gasteiger charge is 2.05. The minimum Gasteiger partial charge on any atom is -0.325 e. The molecular weight excluding hydrogens is 254 g/mol. The smallest absolute Gasteiger partial charge is 0.0764 e. The normalized spacial score (nSPS) is 10.6. The lowest BCUT2D eigenvalue weighted by Crippen LogP contribution is -2.01. The molecule has 1 aromatic heterocycles. The molecular formula is C11H12BrN3. The number of halogens is 1. The van der Waals surface area contributed by atoms with Crippen molar-refractivity contribution < 1.29 is 0 Å². The van der Waals surface area contributed by atoms with E-state index in [1.165, 1.54) is 5.56 Å². The number of hydrogen-bond acceptors (Lipinski definition) is 2. The van der Waals surface area contributed by atoms with Crippen LogP contribution in [0.25, 0.3) is 5.69 Å². The molecule has 0 fully saturated rings. The monoisotopic (exact) mass is 265 g/mol. The van der Waals surface area contributed by atoms with Gasteiger partial charge in [0.2, 0.25) is 0 Å². The zero-order chi connectivity index (χ0) is 10.8. The Morgan fingerprint density at radius 3 is 2.87 bits per heavy atom. The standard InChI is InChI=1S/C11H12BrN3/c1-8-10(12)3-2-4-11(8)15-6-5-9(7-13)14-15/h2-6H,7,13H2,1H3. The van der Waals surface area contributed by atoms with Crippen molar-refractivity contribution in [3.8, 4) is 5.69 Å². The number of hydrogen-bond donors (Lipinski definition) is 1. The molecule has 0 aliphatic rings. The lowest BCUT2D eigenvalue weighted by molar-refractivity contribution is 0.828. The summed E-state index contributed by atoms with van der Waals surface area (Å²) in [5.41, 5.74) is 8.67. The lowest BCUT2D eigenvalue weighted by Gasteiger charge is -2.06. The predicted molar refractivity (Wildman–Crippen MR) is 63.9 cm³/mol. The third-order valence-electron chi connectivity index (χ3n) is 2.34. The first kappa shape index (κ1) is 10.4. The van der Waals surface area contributed by atoms with Crippen molar-refractivity contribution in [2.45, 2.75) is 13.5 Å². The zero-order valence-corrected chi connectivity index (χ0v) is 10.0. The Morgan fingerprint density at radius 1 is 1.40 bits per heavy atom. The van der Waals surface area contributed by atoms with Gasteiger partial charge in [0.05, 0.1) is 11.4 Å². The molecule has 0 spiro atoms. The average Bonchev–Trinajstić information content (AvgIpc) is 2.70. The first-order valence-electron chi connectivity index (χ1n) is 4.72. The summed E-state index contributed by atoms with van der Waals surface area (Å²) in [6.07, 6.45) is 1.93. The van der Waals surface area contributed by atoms with Crippen LogP contribution in [-0.2, 0) is 6.54 Å². The molecule has 15 heavy (non-hydrogen) atoms. The van der Waals surface area contributed by atoms with Crippen LogP contribution in [0, 0.1) is 6.92 Å². The fourth-order valence-electron chi connectivity index (χ4n) is 1.45. The van der Waals surface area contributed by atoms with Gasteiger partial charge < -0.3 is 5.73 Å². The fraction of sp³-hybridized carbons (Fsp3) is 0.182. The zero-order valence-electron chi connectivity index (χ0n) is 8.44. The summed E-state index contributed by atoms with van der Waals surface area (Å²) in [5.74, 6) is 0. The van der Waals surface area contributed by atoms with Crippen LogP contribution < -0.4 is 5.73 Å². The van der Waals surface area contributed by atoms with Crippen LogP contribution in [0.3, 0.4) is 0 Å². The Bertz CT molecular complexity index is 476. The van der Waals surface area contributed by atoms with Gasteiger partial charge in [0, 0.05) is 17.2 Å². The van der Waals surface area contributed by atoms with E-state index in [0.717, 1.165) is 15.9 Å². The Balaban J connectivity index is 2.49. The summed E-state index contributed by atoms with van der Waals surface area (Å²) in [6.45, 7) is 2.53. The molecule has 0 bridgehead atoms. The number of aromatic nitrogens is 2. The molecule has 0 saturated heterocycles. The predicted octanol–water partition coefficient (Wildman–Crippen LogP) is 2.40. The minimum absolute atomic E-state index is 0.472. The molecule has 0 atom stereocenters. The quantitative estimate of drug-likeness (QED) is 0.907. The highest BCUT2D eigenvalue weighted by atomic mass is 79.9. The largest absolute Gasteiger partial charge is 0.325 e. The van der Waals surface area contributed by atoms with E-state index in [0.29, 0.717) is 6.54 Å². The lowest BCUT2D eigenvalue weighted by atomic mass is 10.2. The van der Waals surface area contributed by atoms with E-state index >= 15 is 0 Å². The maximum absolute atomic E-state index is 5.52. The van der Waals surface area contributed by atoms with Crippen LogP contribution in [0.15, 0.2) is 34.9 Å². The topological polar surface area (TPSA) is 43.8 Å². The fourth-order valence-corrected chi connectivity index (χ4v) is 1.80. The Morgan fingerprint density at radius 2 is 2.20 bits per heavy atom. The first-order valence-corrected chi connectivity index (χ1v) is 5.52. The summed E-state index contributed by atoms with van der Waals surface area (Å²) >= 11 is 3.50. The molecule has 78 valence electrons. The molecule has 0 amide bonds. The summed E-state index contributed by atoms with van der Waals surface area (Å²) in [4.78, 5) is 0. The number of rotatable bonds is 2. The summed E-state index contributed by atoms with van der Waals surface area (Å²) in [5, 5.41) is 4.37. The second-order valence-corrected chi connectivity index (χ2v) is 4.19. The molecule has 2 aromatic rings. The van der Waals surface area contributed by atoms with Crippen LogP contribution in [0.5, 0.6) is 0 Å². The van der Waals surface area contributed by atoms with E-state index in [4.69, 9.17) is 5.73 Å². The van der Waals surface area contributed by atoms with Crippen molar-refractivity contribution in [3.05, 3.63) is 46.2 Å². The van der Waals surface area contributed by atoms with Crippen molar-refractivity contribution in [3.63, 3.8) is 0 Å². The van der Waals surface area contributed by atoms with Gasteiger partial charge in [-0.3, -0.25) is 0 Å². The molecule has 0 aliphatic carbocycles. The van der Waals surface area contributed by atoms with Crippen LogP contribution in [0.2, 0.25) is 0 Å². The third kappa shape index (κ3) is 1.96. The molecule has 0 unspecified atom stereocenters. The molecule has 2 N–H and O–H groups in total. The van der Waals surface area contributed by atoms with Crippen LogP contribution >= 0.6 is 15.9 Å². The highest BCUT2D eigenvalue weighted by molar-refractivity contribution is 9.10. The van der Waals surface area contributed by atoms with Crippen molar-refractivity contribution in [1.29, 1.82) is 0 Å².